The second kappa shape index (κ2) is 3.67. The molecule has 0 radical (unpaired) electrons. The Balaban J connectivity index is 2.52. The van der Waals surface area contributed by atoms with Crippen LogP contribution in [0.3, 0.4) is 0 Å². The molecule has 0 saturated heterocycles. The fourth-order valence-electron chi connectivity index (χ4n) is 1.88. The van der Waals surface area contributed by atoms with Crippen molar-refractivity contribution >= 4 is 15.9 Å². The van der Waals surface area contributed by atoms with Gasteiger partial charge in [-0.1, -0.05) is 29.8 Å². The molecule has 1 nitrogen and oxygen atoms in total. The number of alkyl halides is 1. The summed E-state index contributed by atoms with van der Waals surface area (Å²) >= 11 is 3.57. The zero-order valence-corrected chi connectivity index (χ0v) is 9.76. The minimum Gasteiger partial charge on any atom is -0.389 e. The van der Waals surface area contributed by atoms with Gasteiger partial charge in [0.05, 0.1) is 5.60 Å². The van der Waals surface area contributed by atoms with Crippen molar-refractivity contribution in [3.8, 4) is 0 Å². The molecular formula is C10H19BrO. The highest BCUT2D eigenvalue weighted by molar-refractivity contribution is 9.09. The fourth-order valence-corrected chi connectivity index (χ4v) is 2.59. The first kappa shape index (κ1) is 10.5. The quantitative estimate of drug-likeness (QED) is 0.693. The molecule has 1 aliphatic rings. The average molecular weight is 235 g/mol. The monoisotopic (exact) mass is 234 g/mol. The Morgan fingerprint density at radius 1 is 1.50 bits per heavy atom. The van der Waals surface area contributed by atoms with E-state index in [1.54, 1.807) is 0 Å². The van der Waals surface area contributed by atoms with E-state index in [0.717, 1.165) is 24.7 Å². The summed E-state index contributed by atoms with van der Waals surface area (Å²) in [6.45, 7) is 6.47. The van der Waals surface area contributed by atoms with Crippen molar-refractivity contribution in [3.63, 3.8) is 0 Å². The zero-order chi connectivity index (χ0) is 9.35. The van der Waals surface area contributed by atoms with Gasteiger partial charge in [-0.3, -0.25) is 0 Å². The van der Waals surface area contributed by atoms with E-state index in [0.29, 0.717) is 0 Å². The van der Waals surface area contributed by atoms with Crippen LogP contribution in [-0.4, -0.2) is 15.5 Å². The van der Waals surface area contributed by atoms with Crippen LogP contribution >= 0.6 is 15.9 Å². The van der Waals surface area contributed by atoms with E-state index in [1.807, 2.05) is 6.92 Å². The normalized spacial score (nSPS) is 43.5. The largest absolute Gasteiger partial charge is 0.389 e. The van der Waals surface area contributed by atoms with Gasteiger partial charge in [0.1, 0.15) is 0 Å². The van der Waals surface area contributed by atoms with Gasteiger partial charge >= 0.3 is 0 Å². The van der Waals surface area contributed by atoms with Crippen LogP contribution in [0.15, 0.2) is 0 Å². The van der Waals surface area contributed by atoms with Gasteiger partial charge in [0.2, 0.25) is 0 Å². The summed E-state index contributed by atoms with van der Waals surface area (Å²) in [4.78, 5) is 0.283. The Kier molecular flexibility index (Phi) is 3.21. The van der Waals surface area contributed by atoms with Crippen LogP contribution < -0.4 is 0 Å². The summed E-state index contributed by atoms with van der Waals surface area (Å²) in [5.41, 5.74) is -0.481. The van der Waals surface area contributed by atoms with Crippen LogP contribution in [0.5, 0.6) is 0 Å². The molecule has 0 unspecified atom stereocenters. The number of hydrogen-bond acceptors (Lipinski definition) is 1. The van der Waals surface area contributed by atoms with E-state index in [4.69, 9.17) is 0 Å². The molecule has 0 heterocycles. The van der Waals surface area contributed by atoms with Crippen LogP contribution in [0.2, 0.25) is 0 Å². The molecule has 0 amide bonds. The Hall–Kier alpha value is 0.440. The van der Waals surface area contributed by atoms with Crippen molar-refractivity contribution < 1.29 is 5.11 Å². The number of hydrogen-bond donors (Lipinski definition) is 1. The van der Waals surface area contributed by atoms with Gasteiger partial charge in [-0.15, -0.1) is 0 Å². The minimum absolute atomic E-state index is 0.283. The lowest BCUT2D eigenvalue weighted by Crippen LogP contribution is -2.41. The minimum atomic E-state index is -0.481. The average Bonchev–Trinajstić information content (AvgIpc) is 1.94. The van der Waals surface area contributed by atoms with Gasteiger partial charge < -0.3 is 5.11 Å². The highest BCUT2D eigenvalue weighted by Crippen LogP contribution is 2.39. The molecule has 3 atom stereocenters. The Morgan fingerprint density at radius 2 is 2.08 bits per heavy atom. The molecule has 1 rings (SSSR count). The first-order chi connectivity index (χ1) is 5.43. The van der Waals surface area contributed by atoms with E-state index < -0.39 is 5.60 Å². The van der Waals surface area contributed by atoms with E-state index in [2.05, 4.69) is 29.8 Å². The van der Waals surface area contributed by atoms with Crippen LogP contribution in [-0.2, 0) is 0 Å². The molecule has 72 valence electrons. The smallest absolute Gasteiger partial charge is 0.0744 e. The van der Waals surface area contributed by atoms with Gasteiger partial charge in [-0.25, -0.2) is 0 Å². The van der Waals surface area contributed by atoms with Crippen molar-refractivity contribution in [2.45, 2.75) is 50.5 Å². The number of rotatable bonds is 1. The van der Waals surface area contributed by atoms with Gasteiger partial charge in [0.25, 0.3) is 0 Å². The second-order valence-electron chi connectivity index (χ2n) is 4.60. The lowest BCUT2D eigenvalue weighted by Gasteiger charge is -2.39. The van der Waals surface area contributed by atoms with Crippen molar-refractivity contribution in [3.05, 3.63) is 0 Å². The summed E-state index contributed by atoms with van der Waals surface area (Å²) in [6.07, 6.45) is 3.23. The molecule has 12 heavy (non-hydrogen) atoms. The fraction of sp³-hybridized carbons (Fsp3) is 1.00. The maximum atomic E-state index is 9.90. The zero-order valence-electron chi connectivity index (χ0n) is 8.18. The molecule has 1 aliphatic carbocycles. The Labute approximate surface area is 83.7 Å². The van der Waals surface area contributed by atoms with Crippen LogP contribution in [0, 0.1) is 11.8 Å². The lowest BCUT2D eigenvalue weighted by molar-refractivity contribution is 0.0105. The third kappa shape index (κ3) is 2.23. The standard InChI is InChI=1S/C10H19BrO/c1-7(2)8-4-5-10(3,12)9(11)6-8/h7-9,12H,4-6H2,1-3H3/t8-,9+,10+/m1/s1. The molecule has 0 aliphatic heterocycles. The number of halogens is 1. The maximum absolute atomic E-state index is 9.90. The topological polar surface area (TPSA) is 20.2 Å². The highest BCUT2D eigenvalue weighted by atomic mass is 79.9. The molecular weight excluding hydrogens is 216 g/mol. The van der Waals surface area contributed by atoms with Gasteiger partial charge in [0.15, 0.2) is 0 Å². The molecule has 0 aromatic rings. The second-order valence-corrected chi connectivity index (χ2v) is 5.71. The molecule has 0 bridgehead atoms. The predicted octanol–water partition coefficient (Wildman–Crippen LogP) is 2.96. The Morgan fingerprint density at radius 3 is 2.50 bits per heavy atom. The van der Waals surface area contributed by atoms with Gasteiger partial charge in [0, 0.05) is 4.83 Å². The van der Waals surface area contributed by atoms with Gasteiger partial charge in [-0.05, 0) is 38.0 Å². The highest BCUT2D eigenvalue weighted by Gasteiger charge is 2.37. The first-order valence-electron chi connectivity index (χ1n) is 4.80. The van der Waals surface area contributed by atoms with Crippen molar-refractivity contribution in [2.75, 3.05) is 0 Å². The van der Waals surface area contributed by atoms with E-state index >= 15 is 0 Å². The van der Waals surface area contributed by atoms with Crippen molar-refractivity contribution in [1.29, 1.82) is 0 Å². The Bertz CT molecular complexity index is 154. The van der Waals surface area contributed by atoms with Crippen LogP contribution in [0.1, 0.15) is 40.0 Å². The van der Waals surface area contributed by atoms with Crippen LogP contribution in [0.25, 0.3) is 0 Å². The van der Waals surface area contributed by atoms with E-state index in [9.17, 15) is 5.11 Å². The summed E-state index contributed by atoms with van der Waals surface area (Å²) in [5, 5.41) is 9.90. The molecule has 0 spiro atoms. The lowest BCUT2D eigenvalue weighted by atomic mass is 9.75. The van der Waals surface area contributed by atoms with Crippen LogP contribution in [0.4, 0.5) is 0 Å². The third-order valence-electron chi connectivity index (χ3n) is 3.15. The summed E-state index contributed by atoms with van der Waals surface area (Å²) in [7, 11) is 0. The summed E-state index contributed by atoms with van der Waals surface area (Å²) < 4.78 is 0. The molecule has 0 aromatic carbocycles. The van der Waals surface area contributed by atoms with E-state index in [1.165, 1.54) is 6.42 Å². The number of aliphatic hydroxyl groups is 1. The molecule has 0 aromatic heterocycles. The van der Waals surface area contributed by atoms with Gasteiger partial charge in [-0.2, -0.15) is 0 Å². The first-order valence-corrected chi connectivity index (χ1v) is 5.71. The SMILES string of the molecule is CC(C)[C@@H]1CC[C@](C)(O)[C@@H](Br)C1. The van der Waals surface area contributed by atoms with Crippen molar-refractivity contribution in [2.24, 2.45) is 11.8 Å². The molecule has 1 fully saturated rings. The predicted molar refractivity (Wildman–Crippen MR) is 55.5 cm³/mol. The third-order valence-corrected chi connectivity index (χ3v) is 4.51. The summed E-state index contributed by atoms with van der Waals surface area (Å²) in [5.74, 6) is 1.54. The molecule has 2 heteroatoms. The molecule has 1 saturated carbocycles. The summed E-state index contributed by atoms with van der Waals surface area (Å²) in [6, 6.07) is 0. The molecule has 1 N–H and O–H groups in total. The van der Waals surface area contributed by atoms with E-state index in [-0.39, 0.29) is 4.83 Å². The maximum Gasteiger partial charge on any atom is 0.0744 e. The van der Waals surface area contributed by atoms with Crippen molar-refractivity contribution in [1.82, 2.24) is 0 Å².